The summed E-state index contributed by atoms with van der Waals surface area (Å²) in [6.45, 7) is 1.40. The molecule has 3 aliphatic heterocycles. The van der Waals surface area contributed by atoms with Crippen LogP contribution < -0.4 is 5.73 Å². The third-order valence-electron chi connectivity index (χ3n) is 4.86. The molecule has 0 amide bonds. The molecule has 6 heteroatoms. The van der Waals surface area contributed by atoms with Crippen molar-refractivity contribution in [2.24, 2.45) is 5.73 Å². The molecule has 0 aromatic heterocycles. The molecule has 3 fully saturated rings. The number of hydrogen-bond acceptors (Lipinski definition) is 3. The Balaban J connectivity index is 1.80. The largest absolute Gasteiger partial charge is 0.328 e. The van der Waals surface area contributed by atoms with E-state index < -0.39 is 10.2 Å². The lowest BCUT2D eigenvalue weighted by Gasteiger charge is -2.39. The highest BCUT2D eigenvalue weighted by Gasteiger charge is 2.47. The zero-order chi connectivity index (χ0) is 13.5. The standard InChI is InChI=1S/C13H25N3O2S/c14-11-9-12-5-6-13(10-11)16(12)19(17,18)15-7-3-1-2-4-8-15/h11-13H,1-10,14H2. The summed E-state index contributed by atoms with van der Waals surface area (Å²) in [7, 11) is -3.26. The van der Waals surface area contributed by atoms with E-state index >= 15 is 0 Å². The van der Waals surface area contributed by atoms with E-state index in [1.165, 1.54) is 0 Å². The molecule has 2 bridgehead atoms. The lowest BCUT2D eigenvalue weighted by atomic mass is 10.0. The molecule has 2 N–H and O–H groups in total. The van der Waals surface area contributed by atoms with E-state index in [4.69, 9.17) is 5.73 Å². The van der Waals surface area contributed by atoms with Gasteiger partial charge in [-0.2, -0.15) is 17.0 Å². The average molecular weight is 287 g/mol. The Morgan fingerprint density at radius 1 is 0.895 bits per heavy atom. The van der Waals surface area contributed by atoms with Crippen LogP contribution in [0.5, 0.6) is 0 Å². The topological polar surface area (TPSA) is 66.6 Å². The van der Waals surface area contributed by atoms with Crippen LogP contribution in [0.4, 0.5) is 0 Å². The van der Waals surface area contributed by atoms with Crippen molar-refractivity contribution in [3.8, 4) is 0 Å². The summed E-state index contributed by atoms with van der Waals surface area (Å²) in [6, 6.07) is 0.497. The van der Waals surface area contributed by atoms with Crippen LogP contribution in [0.3, 0.4) is 0 Å². The fraction of sp³-hybridized carbons (Fsp3) is 1.00. The third kappa shape index (κ3) is 2.55. The Labute approximate surface area is 116 Å². The van der Waals surface area contributed by atoms with Crippen molar-refractivity contribution in [3.05, 3.63) is 0 Å². The van der Waals surface area contributed by atoms with Crippen LogP contribution >= 0.6 is 0 Å². The first-order valence-electron chi connectivity index (χ1n) is 7.63. The molecule has 19 heavy (non-hydrogen) atoms. The summed E-state index contributed by atoms with van der Waals surface area (Å²) in [5.74, 6) is 0. The second-order valence-electron chi connectivity index (χ2n) is 6.27. The predicted octanol–water partition coefficient (Wildman–Crippen LogP) is 1.06. The van der Waals surface area contributed by atoms with E-state index in [9.17, 15) is 8.42 Å². The van der Waals surface area contributed by atoms with Crippen molar-refractivity contribution in [1.29, 1.82) is 0 Å². The molecule has 2 atom stereocenters. The van der Waals surface area contributed by atoms with Crippen molar-refractivity contribution in [1.82, 2.24) is 8.61 Å². The summed E-state index contributed by atoms with van der Waals surface area (Å²) in [5, 5.41) is 0. The van der Waals surface area contributed by atoms with Gasteiger partial charge in [0.25, 0.3) is 10.2 Å². The van der Waals surface area contributed by atoms with Crippen LogP contribution in [-0.4, -0.2) is 48.2 Å². The highest BCUT2D eigenvalue weighted by molar-refractivity contribution is 7.86. The summed E-state index contributed by atoms with van der Waals surface area (Å²) < 4.78 is 29.3. The molecule has 0 aromatic carbocycles. The zero-order valence-corrected chi connectivity index (χ0v) is 12.3. The Morgan fingerprint density at radius 2 is 1.42 bits per heavy atom. The Morgan fingerprint density at radius 3 is 1.95 bits per heavy atom. The molecular formula is C13H25N3O2S. The van der Waals surface area contributed by atoms with Gasteiger partial charge in [-0.25, -0.2) is 0 Å². The van der Waals surface area contributed by atoms with E-state index in [-0.39, 0.29) is 18.1 Å². The fourth-order valence-corrected chi connectivity index (χ4v) is 6.08. The van der Waals surface area contributed by atoms with Crippen LogP contribution in [-0.2, 0) is 10.2 Å². The molecule has 3 rings (SSSR count). The van der Waals surface area contributed by atoms with Gasteiger partial charge in [-0.3, -0.25) is 0 Å². The highest BCUT2D eigenvalue weighted by atomic mass is 32.2. The van der Waals surface area contributed by atoms with Crippen LogP contribution in [0, 0.1) is 0 Å². The number of nitrogens with zero attached hydrogens (tertiary/aromatic N) is 2. The smallest absolute Gasteiger partial charge is 0.282 e. The Hall–Kier alpha value is -0.170. The SMILES string of the molecule is NC1CC2CCC(C1)N2S(=O)(=O)N1CCCCCC1. The molecule has 0 saturated carbocycles. The lowest BCUT2D eigenvalue weighted by Crippen LogP contribution is -2.54. The summed E-state index contributed by atoms with van der Waals surface area (Å²) in [6.07, 6.45) is 7.97. The predicted molar refractivity (Wildman–Crippen MR) is 74.8 cm³/mol. The van der Waals surface area contributed by atoms with E-state index in [0.717, 1.165) is 51.4 Å². The third-order valence-corrected chi connectivity index (χ3v) is 7.01. The second-order valence-corrected chi connectivity index (χ2v) is 8.10. The summed E-state index contributed by atoms with van der Waals surface area (Å²) in [4.78, 5) is 0. The maximum Gasteiger partial charge on any atom is 0.282 e. The van der Waals surface area contributed by atoms with Gasteiger partial charge in [0.1, 0.15) is 0 Å². The van der Waals surface area contributed by atoms with Crippen molar-refractivity contribution >= 4 is 10.2 Å². The number of rotatable bonds is 2. The molecule has 2 unspecified atom stereocenters. The minimum atomic E-state index is -3.26. The van der Waals surface area contributed by atoms with Crippen LogP contribution in [0.15, 0.2) is 0 Å². The molecule has 0 spiro atoms. The highest BCUT2D eigenvalue weighted by Crippen LogP contribution is 2.38. The van der Waals surface area contributed by atoms with Gasteiger partial charge in [0.15, 0.2) is 0 Å². The molecule has 3 heterocycles. The first-order chi connectivity index (χ1) is 9.09. The first kappa shape index (κ1) is 13.8. The number of fused-ring (bicyclic) bond motifs is 2. The minimum Gasteiger partial charge on any atom is -0.328 e. The van der Waals surface area contributed by atoms with Gasteiger partial charge in [-0.05, 0) is 38.5 Å². The maximum absolute atomic E-state index is 12.9. The normalized spacial score (nSPS) is 38.3. The van der Waals surface area contributed by atoms with Gasteiger partial charge in [0.2, 0.25) is 0 Å². The molecular weight excluding hydrogens is 262 g/mol. The van der Waals surface area contributed by atoms with E-state index in [2.05, 4.69) is 0 Å². The Bertz CT molecular complexity index is 404. The van der Waals surface area contributed by atoms with E-state index in [0.29, 0.717) is 13.1 Å². The second kappa shape index (κ2) is 5.31. The molecule has 3 aliphatic rings. The van der Waals surface area contributed by atoms with Crippen LogP contribution in [0.25, 0.3) is 0 Å². The monoisotopic (exact) mass is 287 g/mol. The number of hydrogen-bond donors (Lipinski definition) is 1. The van der Waals surface area contributed by atoms with Crippen molar-refractivity contribution in [3.63, 3.8) is 0 Å². The summed E-state index contributed by atoms with van der Waals surface area (Å²) >= 11 is 0. The molecule has 3 saturated heterocycles. The van der Waals surface area contributed by atoms with Crippen LogP contribution in [0.1, 0.15) is 51.4 Å². The number of piperidine rings is 1. The van der Waals surface area contributed by atoms with Gasteiger partial charge in [-0.1, -0.05) is 12.8 Å². The molecule has 0 aromatic rings. The van der Waals surface area contributed by atoms with E-state index in [1.54, 1.807) is 4.31 Å². The zero-order valence-electron chi connectivity index (χ0n) is 11.5. The van der Waals surface area contributed by atoms with Crippen LogP contribution in [0.2, 0.25) is 0 Å². The quantitative estimate of drug-likeness (QED) is 0.826. The van der Waals surface area contributed by atoms with Gasteiger partial charge < -0.3 is 5.73 Å². The molecule has 5 nitrogen and oxygen atoms in total. The maximum atomic E-state index is 12.9. The van der Waals surface area contributed by atoms with Gasteiger partial charge in [0.05, 0.1) is 0 Å². The van der Waals surface area contributed by atoms with Crippen molar-refractivity contribution in [2.45, 2.75) is 69.5 Å². The lowest BCUT2D eigenvalue weighted by molar-refractivity contribution is 0.210. The Kier molecular flexibility index (Phi) is 3.86. The fourth-order valence-electron chi connectivity index (χ4n) is 3.96. The van der Waals surface area contributed by atoms with Crippen molar-refractivity contribution in [2.75, 3.05) is 13.1 Å². The molecule has 0 aliphatic carbocycles. The van der Waals surface area contributed by atoms with Crippen molar-refractivity contribution < 1.29 is 8.42 Å². The average Bonchev–Trinajstić information content (AvgIpc) is 2.59. The first-order valence-corrected chi connectivity index (χ1v) is 9.03. The van der Waals surface area contributed by atoms with Gasteiger partial charge in [0, 0.05) is 31.2 Å². The van der Waals surface area contributed by atoms with Gasteiger partial charge in [-0.15, -0.1) is 0 Å². The molecule has 110 valence electrons. The summed E-state index contributed by atoms with van der Waals surface area (Å²) in [5.41, 5.74) is 6.03. The minimum absolute atomic E-state index is 0.155. The molecule has 0 radical (unpaired) electrons. The number of nitrogens with two attached hydrogens (primary N) is 1. The van der Waals surface area contributed by atoms with Gasteiger partial charge >= 0.3 is 0 Å². The van der Waals surface area contributed by atoms with E-state index in [1.807, 2.05) is 4.31 Å².